The van der Waals surface area contributed by atoms with Gasteiger partial charge < -0.3 is 20.4 Å². The van der Waals surface area contributed by atoms with Gasteiger partial charge in [0.25, 0.3) is 0 Å². The van der Waals surface area contributed by atoms with Crippen LogP contribution in [0.3, 0.4) is 0 Å². The van der Waals surface area contributed by atoms with Crippen LogP contribution >= 0.6 is 0 Å². The van der Waals surface area contributed by atoms with Crippen molar-refractivity contribution in [3.8, 4) is 0 Å². The van der Waals surface area contributed by atoms with E-state index in [1.54, 1.807) is 12.3 Å². The SMILES string of the molecule is CN1CC2(CCC(Nc3nccc(Nc4cc(C5CC5)[nH]n4)n3)C(=O)N2C)C1. The first-order valence-corrected chi connectivity index (χ1v) is 9.91. The molecular weight excluding hydrogens is 356 g/mol. The summed E-state index contributed by atoms with van der Waals surface area (Å²) in [5.41, 5.74) is 1.18. The standard InChI is InChI=1S/C19H26N8O/c1-26-10-19(11-26)7-5-13(17(28)27(19)2)21-18-20-8-6-15(23-18)22-16-9-14(24-25-16)12-3-4-12/h6,8-9,12-13H,3-5,7,10-11H2,1-2H3,(H3,20,21,22,23,24,25). The van der Waals surface area contributed by atoms with E-state index in [9.17, 15) is 4.79 Å². The summed E-state index contributed by atoms with van der Waals surface area (Å²) in [5.74, 6) is 2.59. The lowest BCUT2D eigenvalue weighted by molar-refractivity contribution is -0.150. The van der Waals surface area contributed by atoms with Gasteiger partial charge in [-0.05, 0) is 38.8 Å². The van der Waals surface area contributed by atoms with Gasteiger partial charge in [0.15, 0.2) is 5.82 Å². The van der Waals surface area contributed by atoms with E-state index < -0.39 is 0 Å². The first kappa shape index (κ1) is 17.4. The largest absolute Gasteiger partial charge is 0.342 e. The fraction of sp³-hybridized carbons (Fsp3) is 0.579. The highest BCUT2D eigenvalue weighted by Gasteiger charge is 2.50. The maximum Gasteiger partial charge on any atom is 0.245 e. The van der Waals surface area contributed by atoms with Gasteiger partial charge in [0, 0.05) is 44.0 Å². The van der Waals surface area contributed by atoms with E-state index in [4.69, 9.17) is 0 Å². The molecule has 1 spiro atoms. The molecule has 2 aliphatic heterocycles. The molecule has 0 aromatic carbocycles. The number of nitrogens with one attached hydrogen (secondary N) is 3. The molecule has 1 aliphatic carbocycles. The number of carbonyl (C=O) groups excluding carboxylic acids is 1. The van der Waals surface area contributed by atoms with E-state index in [-0.39, 0.29) is 17.5 Å². The average Bonchev–Trinajstić information content (AvgIpc) is 3.41. The van der Waals surface area contributed by atoms with E-state index in [2.05, 4.69) is 42.7 Å². The Morgan fingerprint density at radius 3 is 2.79 bits per heavy atom. The molecule has 1 atom stereocenters. The molecule has 2 saturated heterocycles. The number of hydrogen-bond acceptors (Lipinski definition) is 7. The fourth-order valence-corrected chi connectivity index (χ4v) is 4.42. The van der Waals surface area contributed by atoms with Gasteiger partial charge in [-0.3, -0.25) is 9.89 Å². The number of likely N-dealkylation sites (N-methyl/N-ethyl adjacent to an activating group) is 2. The predicted molar refractivity (Wildman–Crippen MR) is 106 cm³/mol. The third kappa shape index (κ3) is 3.09. The number of amides is 1. The van der Waals surface area contributed by atoms with Gasteiger partial charge in [-0.1, -0.05) is 0 Å². The summed E-state index contributed by atoms with van der Waals surface area (Å²) in [5, 5.41) is 13.8. The molecule has 2 aromatic rings. The summed E-state index contributed by atoms with van der Waals surface area (Å²) < 4.78 is 0. The number of aromatic amines is 1. The first-order chi connectivity index (χ1) is 13.5. The van der Waals surface area contributed by atoms with Crippen LogP contribution in [0.5, 0.6) is 0 Å². The van der Waals surface area contributed by atoms with Crippen LogP contribution in [0.1, 0.15) is 37.3 Å². The molecule has 3 fully saturated rings. The van der Waals surface area contributed by atoms with Crippen LogP contribution in [0.15, 0.2) is 18.3 Å². The highest BCUT2D eigenvalue weighted by Crippen LogP contribution is 2.39. The summed E-state index contributed by atoms with van der Waals surface area (Å²) >= 11 is 0. The van der Waals surface area contributed by atoms with Crippen molar-refractivity contribution >= 4 is 23.5 Å². The Labute approximate surface area is 163 Å². The second-order valence-corrected chi connectivity index (χ2v) is 8.40. The van der Waals surface area contributed by atoms with Crippen molar-refractivity contribution in [1.82, 2.24) is 30.0 Å². The van der Waals surface area contributed by atoms with Gasteiger partial charge in [-0.15, -0.1) is 0 Å². The Morgan fingerprint density at radius 2 is 2.04 bits per heavy atom. The first-order valence-electron chi connectivity index (χ1n) is 9.91. The van der Waals surface area contributed by atoms with Gasteiger partial charge in [-0.2, -0.15) is 10.1 Å². The summed E-state index contributed by atoms with van der Waals surface area (Å²) in [4.78, 5) is 25.8. The Bertz CT molecular complexity index is 886. The monoisotopic (exact) mass is 382 g/mol. The van der Waals surface area contributed by atoms with Crippen molar-refractivity contribution in [2.45, 2.75) is 43.2 Å². The van der Waals surface area contributed by atoms with Gasteiger partial charge in [-0.25, -0.2) is 4.98 Å². The zero-order valence-corrected chi connectivity index (χ0v) is 16.3. The topological polar surface area (TPSA) is 102 Å². The molecule has 1 unspecified atom stereocenters. The minimum atomic E-state index is -0.288. The number of hydrogen-bond donors (Lipinski definition) is 3. The number of nitrogens with zero attached hydrogens (tertiary/aromatic N) is 5. The number of H-pyrrole nitrogens is 1. The number of rotatable bonds is 5. The molecule has 1 saturated carbocycles. The maximum atomic E-state index is 12.9. The van der Waals surface area contributed by atoms with Crippen molar-refractivity contribution in [2.24, 2.45) is 0 Å². The van der Waals surface area contributed by atoms with Crippen molar-refractivity contribution in [3.05, 3.63) is 24.0 Å². The lowest BCUT2D eigenvalue weighted by atomic mass is 9.79. The molecule has 4 heterocycles. The molecule has 2 aromatic heterocycles. The Morgan fingerprint density at radius 1 is 1.21 bits per heavy atom. The number of likely N-dealkylation sites (tertiary alicyclic amines) is 2. The number of aromatic nitrogens is 4. The van der Waals surface area contributed by atoms with Crippen LogP contribution in [-0.4, -0.2) is 74.6 Å². The molecule has 28 heavy (non-hydrogen) atoms. The van der Waals surface area contributed by atoms with Crippen LogP contribution in [0.2, 0.25) is 0 Å². The molecular formula is C19H26N8O. The molecule has 148 valence electrons. The maximum absolute atomic E-state index is 12.9. The van der Waals surface area contributed by atoms with Crippen LogP contribution < -0.4 is 10.6 Å². The van der Waals surface area contributed by atoms with Crippen LogP contribution in [0.4, 0.5) is 17.6 Å². The quantitative estimate of drug-likeness (QED) is 0.721. The minimum Gasteiger partial charge on any atom is -0.342 e. The predicted octanol–water partition coefficient (Wildman–Crippen LogP) is 1.54. The molecule has 3 N–H and O–H groups in total. The lowest BCUT2D eigenvalue weighted by Gasteiger charge is -2.57. The smallest absolute Gasteiger partial charge is 0.245 e. The van der Waals surface area contributed by atoms with E-state index in [1.807, 2.05) is 18.0 Å². The number of piperidine rings is 1. The molecule has 3 aliphatic rings. The van der Waals surface area contributed by atoms with Gasteiger partial charge in [0.2, 0.25) is 11.9 Å². The summed E-state index contributed by atoms with van der Waals surface area (Å²) in [6.07, 6.45) is 5.93. The number of carbonyl (C=O) groups is 1. The second-order valence-electron chi connectivity index (χ2n) is 8.40. The van der Waals surface area contributed by atoms with E-state index in [0.29, 0.717) is 17.7 Å². The van der Waals surface area contributed by atoms with Crippen LogP contribution in [-0.2, 0) is 4.79 Å². The molecule has 9 heteroatoms. The van der Waals surface area contributed by atoms with Crippen LogP contribution in [0.25, 0.3) is 0 Å². The van der Waals surface area contributed by atoms with E-state index >= 15 is 0 Å². The molecule has 1 amide bonds. The van der Waals surface area contributed by atoms with Crippen molar-refractivity contribution in [3.63, 3.8) is 0 Å². The summed E-state index contributed by atoms with van der Waals surface area (Å²) in [7, 11) is 4.00. The van der Waals surface area contributed by atoms with Gasteiger partial charge >= 0.3 is 0 Å². The highest BCUT2D eigenvalue weighted by atomic mass is 16.2. The summed E-state index contributed by atoms with van der Waals surface area (Å²) in [6, 6.07) is 3.54. The Balaban J connectivity index is 1.24. The lowest BCUT2D eigenvalue weighted by Crippen LogP contribution is -2.72. The summed E-state index contributed by atoms with van der Waals surface area (Å²) in [6.45, 7) is 1.90. The second kappa shape index (κ2) is 6.44. The van der Waals surface area contributed by atoms with Crippen molar-refractivity contribution in [1.29, 1.82) is 0 Å². The molecule has 5 rings (SSSR count). The molecule has 0 radical (unpaired) electrons. The molecule has 9 nitrogen and oxygen atoms in total. The number of anilines is 3. The Kier molecular flexibility index (Phi) is 4.01. The van der Waals surface area contributed by atoms with E-state index in [1.165, 1.54) is 18.5 Å². The van der Waals surface area contributed by atoms with Crippen LogP contribution in [0, 0.1) is 0 Å². The van der Waals surface area contributed by atoms with Crippen molar-refractivity contribution in [2.75, 3.05) is 37.8 Å². The highest BCUT2D eigenvalue weighted by molar-refractivity contribution is 5.86. The van der Waals surface area contributed by atoms with Gasteiger partial charge in [0.1, 0.15) is 11.9 Å². The van der Waals surface area contributed by atoms with Crippen molar-refractivity contribution < 1.29 is 4.79 Å². The minimum absolute atomic E-state index is 0.00743. The van der Waals surface area contributed by atoms with E-state index in [0.717, 1.165) is 31.7 Å². The third-order valence-corrected chi connectivity index (χ3v) is 6.20. The zero-order chi connectivity index (χ0) is 19.3. The molecule has 0 bridgehead atoms. The average molecular weight is 382 g/mol. The fourth-order valence-electron chi connectivity index (χ4n) is 4.42. The Hall–Kier alpha value is -2.68. The third-order valence-electron chi connectivity index (χ3n) is 6.20. The van der Waals surface area contributed by atoms with Gasteiger partial charge in [0.05, 0.1) is 5.54 Å². The normalized spacial score (nSPS) is 24.3. The zero-order valence-electron chi connectivity index (χ0n) is 16.3.